The highest BCUT2D eigenvalue weighted by atomic mass is 16.5. The Hall–Kier alpha value is -3.67. The number of para-hydroxylation sites is 1. The van der Waals surface area contributed by atoms with E-state index in [1.807, 2.05) is 42.5 Å². The average molecular weight is 358 g/mol. The predicted molar refractivity (Wildman–Crippen MR) is 99.9 cm³/mol. The van der Waals surface area contributed by atoms with E-state index < -0.39 is 5.97 Å². The Bertz CT molecular complexity index is 1130. The molecule has 134 valence electrons. The van der Waals surface area contributed by atoms with Gasteiger partial charge in [0.25, 0.3) is 0 Å². The monoisotopic (exact) mass is 358 g/mol. The van der Waals surface area contributed by atoms with Gasteiger partial charge in [-0.25, -0.2) is 9.67 Å². The molecule has 0 saturated heterocycles. The second-order valence-electron chi connectivity index (χ2n) is 6.10. The molecular weight excluding hydrogens is 342 g/mol. The lowest BCUT2D eigenvalue weighted by molar-refractivity contribution is -0.254. The van der Waals surface area contributed by atoms with Crippen LogP contribution in [0.5, 0.6) is 5.75 Å². The van der Waals surface area contributed by atoms with Crippen molar-refractivity contribution in [1.29, 1.82) is 0 Å². The fraction of sp³-hybridized carbons (Fsp3) is 0.0952. The molecular formula is C21H16N3O3-. The molecule has 0 saturated carbocycles. The van der Waals surface area contributed by atoms with Gasteiger partial charge in [-0.05, 0) is 49.4 Å². The Morgan fingerprint density at radius 2 is 1.78 bits per heavy atom. The standard InChI is InChI=1S/C21H17N3O3/c1-13-19-17(21(25)26)12-18(14-8-10-16(27-2)11-9-14)22-20(19)24(23-13)15-6-4-3-5-7-15/h3-12H,1-2H3,(H,25,26)/p-1. The largest absolute Gasteiger partial charge is 0.545 e. The minimum atomic E-state index is -1.26. The summed E-state index contributed by atoms with van der Waals surface area (Å²) in [5.74, 6) is -0.544. The van der Waals surface area contributed by atoms with Crippen LogP contribution < -0.4 is 9.84 Å². The first-order chi connectivity index (χ1) is 13.1. The number of pyridine rings is 1. The van der Waals surface area contributed by atoms with Crippen molar-refractivity contribution >= 4 is 17.0 Å². The van der Waals surface area contributed by atoms with Gasteiger partial charge in [-0.3, -0.25) is 0 Å². The molecule has 0 aliphatic rings. The van der Waals surface area contributed by atoms with Crippen molar-refractivity contribution in [3.8, 4) is 22.7 Å². The van der Waals surface area contributed by atoms with E-state index in [-0.39, 0.29) is 5.56 Å². The van der Waals surface area contributed by atoms with Crippen molar-refractivity contribution in [3.05, 3.63) is 71.9 Å². The molecule has 0 fully saturated rings. The van der Waals surface area contributed by atoms with E-state index in [9.17, 15) is 9.90 Å². The van der Waals surface area contributed by atoms with Gasteiger partial charge in [-0.15, -0.1) is 0 Å². The second-order valence-corrected chi connectivity index (χ2v) is 6.10. The molecule has 6 heteroatoms. The number of nitrogens with zero attached hydrogens (tertiary/aromatic N) is 3. The lowest BCUT2D eigenvalue weighted by Crippen LogP contribution is -2.23. The van der Waals surface area contributed by atoms with Crippen molar-refractivity contribution in [2.75, 3.05) is 7.11 Å². The van der Waals surface area contributed by atoms with Gasteiger partial charge < -0.3 is 14.6 Å². The first kappa shape index (κ1) is 16.8. The maximum absolute atomic E-state index is 11.8. The highest BCUT2D eigenvalue weighted by Crippen LogP contribution is 2.29. The fourth-order valence-corrected chi connectivity index (χ4v) is 3.11. The third-order valence-corrected chi connectivity index (χ3v) is 4.42. The summed E-state index contributed by atoms with van der Waals surface area (Å²) in [6.07, 6.45) is 0. The number of aromatic carboxylic acids is 1. The van der Waals surface area contributed by atoms with Crippen LogP contribution in [0.4, 0.5) is 0 Å². The van der Waals surface area contributed by atoms with Crippen molar-refractivity contribution in [1.82, 2.24) is 14.8 Å². The van der Waals surface area contributed by atoms with E-state index in [0.29, 0.717) is 28.2 Å². The Morgan fingerprint density at radius 3 is 2.41 bits per heavy atom. The minimum Gasteiger partial charge on any atom is -0.545 e. The average Bonchev–Trinajstić information content (AvgIpc) is 3.04. The van der Waals surface area contributed by atoms with Crippen LogP contribution in [0.25, 0.3) is 28.0 Å². The summed E-state index contributed by atoms with van der Waals surface area (Å²) in [7, 11) is 1.59. The molecule has 2 aromatic heterocycles. The molecule has 0 bridgehead atoms. The van der Waals surface area contributed by atoms with Gasteiger partial charge in [-0.1, -0.05) is 18.2 Å². The van der Waals surface area contributed by atoms with E-state index in [0.717, 1.165) is 11.3 Å². The van der Waals surface area contributed by atoms with Gasteiger partial charge in [0.1, 0.15) is 5.75 Å². The fourth-order valence-electron chi connectivity index (χ4n) is 3.11. The normalized spacial score (nSPS) is 10.9. The van der Waals surface area contributed by atoms with E-state index in [1.165, 1.54) is 6.07 Å². The van der Waals surface area contributed by atoms with Crippen LogP contribution in [0.1, 0.15) is 16.1 Å². The number of hydrogen-bond acceptors (Lipinski definition) is 5. The molecule has 0 spiro atoms. The summed E-state index contributed by atoms with van der Waals surface area (Å²) in [6, 6.07) is 18.3. The Balaban J connectivity index is 2.00. The molecule has 0 amide bonds. The van der Waals surface area contributed by atoms with E-state index in [2.05, 4.69) is 5.10 Å². The minimum absolute atomic E-state index is 0.0745. The summed E-state index contributed by atoms with van der Waals surface area (Å²) >= 11 is 0. The molecule has 0 N–H and O–H groups in total. The van der Waals surface area contributed by atoms with E-state index >= 15 is 0 Å². The van der Waals surface area contributed by atoms with Crippen LogP contribution in [0.3, 0.4) is 0 Å². The Kier molecular flexibility index (Phi) is 4.08. The zero-order valence-corrected chi connectivity index (χ0v) is 14.8. The third-order valence-electron chi connectivity index (χ3n) is 4.42. The Labute approximate surface area is 155 Å². The van der Waals surface area contributed by atoms with Crippen LogP contribution >= 0.6 is 0 Å². The number of aromatic nitrogens is 3. The molecule has 2 heterocycles. The molecule has 0 unspecified atom stereocenters. The maximum atomic E-state index is 11.8. The lowest BCUT2D eigenvalue weighted by Gasteiger charge is -2.10. The van der Waals surface area contributed by atoms with Gasteiger partial charge >= 0.3 is 0 Å². The number of carbonyl (C=O) groups is 1. The number of methoxy groups -OCH3 is 1. The molecule has 27 heavy (non-hydrogen) atoms. The number of ether oxygens (including phenoxy) is 1. The van der Waals surface area contributed by atoms with Crippen molar-refractivity contribution in [2.24, 2.45) is 0 Å². The Morgan fingerprint density at radius 1 is 1.07 bits per heavy atom. The first-order valence-corrected chi connectivity index (χ1v) is 8.40. The summed E-state index contributed by atoms with van der Waals surface area (Å²) in [5, 5.41) is 16.8. The van der Waals surface area contributed by atoms with Crippen molar-refractivity contribution < 1.29 is 14.6 Å². The molecule has 6 nitrogen and oxygen atoms in total. The van der Waals surface area contributed by atoms with Gasteiger partial charge in [0, 0.05) is 11.1 Å². The zero-order chi connectivity index (χ0) is 19.0. The summed E-state index contributed by atoms with van der Waals surface area (Å²) in [4.78, 5) is 16.5. The number of carboxylic acid groups (broad SMARTS) is 1. The number of rotatable bonds is 4. The highest BCUT2D eigenvalue weighted by molar-refractivity contribution is 6.03. The molecule has 0 aliphatic heterocycles. The summed E-state index contributed by atoms with van der Waals surface area (Å²) in [5.41, 5.74) is 3.25. The number of carbonyl (C=O) groups excluding carboxylic acids is 1. The SMILES string of the molecule is COc1ccc(-c2cc(C(=O)[O-])c3c(C)nn(-c4ccccc4)c3n2)cc1. The van der Waals surface area contributed by atoms with Crippen LogP contribution in [-0.4, -0.2) is 27.8 Å². The van der Waals surface area contributed by atoms with Gasteiger partial charge in [0.05, 0.1) is 35.5 Å². The van der Waals surface area contributed by atoms with Crippen LogP contribution in [0.2, 0.25) is 0 Å². The lowest BCUT2D eigenvalue weighted by atomic mass is 10.1. The smallest absolute Gasteiger partial charge is 0.164 e. The maximum Gasteiger partial charge on any atom is 0.164 e. The van der Waals surface area contributed by atoms with Crippen LogP contribution in [0.15, 0.2) is 60.7 Å². The number of hydrogen-bond donors (Lipinski definition) is 0. The topological polar surface area (TPSA) is 80.1 Å². The predicted octanol–water partition coefficient (Wildman–Crippen LogP) is 2.77. The number of carboxylic acids is 1. The quantitative estimate of drug-likeness (QED) is 0.560. The van der Waals surface area contributed by atoms with Gasteiger partial charge in [0.15, 0.2) is 5.65 Å². The van der Waals surface area contributed by atoms with Gasteiger partial charge in [0.2, 0.25) is 0 Å². The number of fused-ring (bicyclic) bond motifs is 1. The van der Waals surface area contributed by atoms with Crippen LogP contribution in [-0.2, 0) is 0 Å². The van der Waals surface area contributed by atoms with Crippen molar-refractivity contribution in [2.45, 2.75) is 6.92 Å². The van der Waals surface area contributed by atoms with Gasteiger partial charge in [-0.2, -0.15) is 5.10 Å². The first-order valence-electron chi connectivity index (χ1n) is 8.40. The molecule has 2 aromatic carbocycles. The highest BCUT2D eigenvalue weighted by Gasteiger charge is 2.17. The summed E-state index contributed by atoms with van der Waals surface area (Å²) < 4.78 is 6.84. The van der Waals surface area contributed by atoms with E-state index in [4.69, 9.17) is 9.72 Å². The van der Waals surface area contributed by atoms with E-state index in [1.54, 1.807) is 30.8 Å². The molecule has 0 radical (unpaired) electrons. The molecule has 0 atom stereocenters. The zero-order valence-electron chi connectivity index (χ0n) is 14.8. The summed E-state index contributed by atoms with van der Waals surface area (Å²) in [6.45, 7) is 1.77. The second kappa shape index (κ2) is 6.57. The molecule has 4 aromatic rings. The number of aryl methyl sites for hydroxylation is 1. The van der Waals surface area contributed by atoms with Crippen molar-refractivity contribution in [3.63, 3.8) is 0 Å². The molecule has 4 rings (SSSR count). The molecule has 0 aliphatic carbocycles. The number of benzene rings is 2. The van der Waals surface area contributed by atoms with Crippen LogP contribution in [0, 0.1) is 6.92 Å². The third kappa shape index (κ3) is 2.91.